The predicted molar refractivity (Wildman–Crippen MR) is 73.5 cm³/mol. The molecule has 6 nitrogen and oxygen atoms in total. The molecule has 1 saturated heterocycles. The summed E-state index contributed by atoms with van der Waals surface area (Å²) in [7, 11) is 0. The summed E-state index contributed by atoms with van der Waals surface area (Å²) in [6, 6.07) is 0. The molecule has 1 fully saturated rings. The third-order valence-corrected chi connectivity index (χ3v) is 3.34. The van der Waals surface area contributed by atoms with Crippen LogP contribution in [0.2, 0.25) is 0 Å². The molecule has 0 spiro atoms. The number of nitrogens with two attached hydrogens (primary N) is 1. The molecule has 6 heteroatoms. The van der Waals surface area contributed by atoms with E-state index in [4.69, 9.17) is 12.2 Å². The fourth-order valence-electron chi connectivity index (χ4n) is 2.26. The van der Waals surface area contributed by atoms with Gasteiger partial charge in [-0.15, -0.1) is 6.42 Å². The molecule has 19 heavy (non-hydrogen) atoms. The van der Waals surface area contributed by atoms with E-state index >= 15 is 0 Å². The maximum Gasteiger partial charge on any atom is 0.274 e. The van der Waals surface area contributed by atoms with E-state index in [0.29, 0.717) is 37.6 Å². The first kappa shape index (κ1) is 13.4. The number of aryl methyl sites for hydroxylation is 1. The number of hydrogen-bond donors (Lipinski definition) is 1. The van der Waals surface area contributed by atoms with Crippen LogP contribution in [0.5, 0.6) is 0 Å². The number of terminal acetylenes is 1. The van der Waals surface area contributed by atoms with Gasteiger partial charge in [-0.2, -0.15) is 5.10 Å². The Morgan fingerprint density at radius 1 is 1.47 bits per heavy atom. The SMILES string of the molecule is C#CCN1CCN(C(=O)c2c(N)cnn2CC)CC1. The summed E-state index contributed by atoms with van der Waals surface area (Å²) >= 11 is 0. The fourth-order valence-corrected chi connectivity index (χ4v) is 2.26. The number of carbonyl (C=O) groups is 1. The first-order valence-electron chi connectivity index (χ1n) is 6.43. The van der Waals surface area contributed by atoms with Gasteiger partial charge in [0.1, 0.15) is 5.69 Å². The number of anilines is 1. The van der Waals surface area contributed by atoms with Crippen molar-refractivity contribution >= 4 is 11.6 Å². The molecule has 1 aromatic rings. The zero-order valence-electron chi connectivity index (χ0n) is 11.2. The highest BCUT2D eigenvalue weighted by atomic mass is 16.2. The molecule has 102 valence electrons. The van der Waals surface area contributed by atoms with Crippen molar-refractivity contribution in [1.82, 2.24) is 19.6 Å². The first-order valence-corrected chi connectivity index (χ1v) is 6.43. The van der Waals surface area contributed by atoms with E-state index in [0.717, 1.165) is 13.1 Å². The molecular formula is C13H19N5O. The third kappa shape index (κ3) is 2.71. The largest absolute Gasteiger partial charge is 0.396 e. The molecule has 2 N–H and O–H groups in total. The Bertz CT molecular complexity index is 494. The van der Waals surface area contributed by atoms with Gasteiger partial charge in [0.25, 0.3) is 5.91 Å². The van der Waals surface area contributed by atoms with Crippen LogP contribution in [0.15, 0.2) is 6.20 Å². The number of hydrogen-bond acceptors (Lipinski definition) is 4. The van der Waals surface area contributed by atoms with E-state index in [1.807, 2.05) is 11.8 Å². The molecular weight excluding hydrogens is 242 g/mol. The molecule has 0 aliphatic carbocycles. The van der Waals surface area contributed by atoms with E-state index in [1.165, 1.54) is 6.20 Å². The van der Waals surface area contributed by atoms with Crippen molar-refractivity contribution < 1.29 is 4.79 Å². The fraction of sp³-hybridized carbons (Fsp3) is 0.538. The van der Waals surface area contributed by atoms with Gasteiger partial charge in [0, 0.05) is 32.7 Å². The number of nitrogen functional groups attached to an aromatic ring is 1. The lowest BCUT2D eigenvalue weighted by Crippen LogP contribution is -2.49. The second-order valence-corrected chi connectivity index (χ2v) is 4.54. The van der Waals surface area contributed by atoms with Gasteiger partial charge in [0.2, 0.25) is 0 Å². The van der Waals surface area contributed by atoms with E-state index in [1.54, 1.807) is 4.68 Å². The van der Waals surface area contributed by atoms with Crippen molar-refractivity contribution in [2.24, 2.45) is 0 Å². The first-order chi connectivity index (χ1) is 9.17. The van der Waals surface area contributed by atoms with Gasteiger partial charge in [-0.3, -0.25) is 14.4 Å². The van der Waals surface area contributed by atoms with E-state index < -0.39 is 0 Å². The molecule has 0 saturated carbocycles. The monoisotopic (exact) mass is 261 g/mol. The van der Waals surface area contributed by atoms with Crippen LogP contribution in [0.4, 0.5) is 5.69 Å². The molecule has 1 aliphatic rings. The smallest absolute Gasteiger partial charge is 0.274 e. The average Bonchev–Trinajstić information content (AvgIpc) is 2.80. The number of nitrogens with zero attached hydrogens (tertiary/aromatic N) is 4. The van der Waals surface area contributed by atoms with Crippen molar-refractivity contribution in [2.45, 2.75) is 13.5 Å². The maximum absolute atomic E-state index is 12.5. The van der Waals surface area contributed by atoms with Crippen LogP contribution >= 0.6 is 0 Å². The summed E-state index contributed by atoms with van der Waals surface area (Å²) in [5.74, 6) is 2.58. The van der Waals surface area contributed by atoms with Crippen LogP contribution in [0, 0.1) is 12.3 Å². The highest BCUT2D eigenvalue weighted by Crippen LogP contribution is 2.15. The van der Waals surface area contributed by atoms with Gasteiger partial charge in [-0.05, 0) is 6.92 Å². The number of piperazine rings is 1. The minimum absolute atomic E-state index is 0.0443. The van der Waals surface area contributed by atoms with Crippen LogP contribution in [0.1, 0.15) is 17.4 Å². The van der Waals surface area contributed by atoms with Gasteiger partial charge in [0.05, 0.1) is 18.4 Å². The molecule has 0 radical (unpaired) electrons. The Balaban J connectivity index is 2.05. The second-order valence-electron chi connectivity index (χ2n) is 4.54. The van der Waals surface area contributed by atoms with Crippen molar-refractivity contribution in [1.29, 1.82) is 0 Å². The molecule has 1 aliphatic heterocycles. The summed E-state index contributed by atoms with van der Waals surface area (Å²) in [6.07, 6.45) is 6.82. The van der Waals surface area contributed by atoms with Crippen LogP contribution in [-0.4, -0.2) is 58.2 Å². The summed E-state index contributed by atoms with van der Waals surface area (Å²) in [5, 5.41) is 4.10. The van der Waals surface area contributed by atoms with Gasteiger partial charge in [0.15, 0.2) is 0 Å². The third-order valence-electron chi connectivity index (χ3n) is 3.34. The summed E-state index contributed by atoms with van der Waals surface area (Å²) < 4.78 is 1.64. The van der Waals surface area contributed by atoms with Crippen molar-refractivity contribution in [3.63, 3.8) is 0 Å². The Kier molecular flexibility index (Phi) is 4.07. The lowest BCUT2D eigenvalue weighted by atomic mass is 10.2. The van der Waals surface area contributed by atoms with Gasteiger partial charge < -0.3 is 10.6 Å². The Labute approximate surface area is 113 Å². The normalized spacial score (nSPS) is 16.3. The quantitative estimate of drug-likeness (QED) is 0.770. The van der Waals surface area contributed by atoms with E-state index in [-0.39, 0.29) is 5.91 Å². The highest BCUT2D eigenvalue weighted by Gasteiger charge is 2.25. The van der Waals surface area contributed by atoms with Crippen LogP contribution in [0.3, 0.4) is 0 Å². The maximum atomic E-state index is 12.5. The number of carbonyl (C=O) groups excluding carboxylic acids is 1. The van der Waals surface area contributed by atoms with Gasteiger partial charge in [-0.1, -0.05) is 5.92 Å². The minimum Gasteiger partial charge on any atom is -0.396 e. The Morgan fingerprint density at radius 3 is 2.74 bits per heavy atom. The van der Waals surface area contributed by atoms with Gasteiger partial charge in [-0.25, -0.2) is 0 Å². The molecule has 1 amide bonds. The van der Waals surface area contributed by atoms with Crippen LogP contribution in [-0.2, 0) is 6.54 Å². The summed E-state index contributed by atoms with van der Waals surface area (Å²) in [6.45, 7) is 6.16. The predicted octanol–water partition coefficient (Wildman–Crippen LogP) is -0.124. The van der Waals surface area contributed by atoms with Crippen molar-refractivity contribution in [2.75, 3.05) is 38.5 Å². The number of aromatic nitrogens is 2. The van der Waals surface area contributed by atoms with Crippen LogP contribution < -0.4 is 5.73 Å². The zero-order chi connectivity index (χ0) is 13.8. The summed E-state index contributed by atoms with van der Waals surface area (Å²) in [4.78, 5) is 16.4. The standard InChI is InChI=1S/C13H19N5O/c1-3-5-16-6-8-17(9-7-16)13(19)12-11(14)10-15-18(12)4-2/h1,10H,4-9,14H2,2H3. The molecule has 0 unspecified atom stereocenters. The number of rotatable bonds is 3. The molecule has 1 aromatic heterocycles. The minimum atomic E-state index is -0.0443. The van der Waals surface area contributed by atoms with E-state index in [2.05, 4.69) is 15.9 Å². The highest BCUT2D eigenvalue weighted by molar-refractivity contribution is 5.97. The van der Waals surface area contributed by atoms with E-state index in [9.17, 15) is 4.79 Å². The zero-order valence-corrected chi connectivity index (χ0v) is 11.2. The second kappa shape index (κ2) is 5.76. The summed E-state index contributed by atoms with van der Waals surface area (Å²) in [5.41, 5.74) is 6.77. The topological polar surface area (TPSA) is 67.4 Å². The van der Waals surface area contributed by atoms with Gasteiger partial charge >= 0.3 is 0 Å². The lowest BCUT2D eigenvalue weighted by Gasteiger charge is -2.33. The molecule has 0 atom stereocenters. The van der Waals surface area contributed by atoms with Crippen LogP contribution in [0.25, 0.3) is 0 Å². The van der Waals surface area contributed by atoms with Crippen molar-refractivity contribution in [3.8, 4) is 12.3 Å². The lowest BCUT2D eigenvalue weighted by molar-refractivity contribution is 0.0641. The molecule has 0 bridgehead atoms. The Hall–Kier alpha value is -2.00. The van der Waals surface area contributed by atoms with Crippen molar-refractivity contribution in [3.05, 3.63) is 11.9 Å². The number of amides is 1. The Morgan fingerprint density at radius 2 is 2.16 bits per heavy atom. The molecule has 2 heterocycles. The molecule has 0 aromatic carbocycles. The molecule has 2 rings (SSSR count). The average molecular weight is 261 g/mol.